The van der Waals surface area contributed by atoms with Crippen LogP contribution in [0.3, 0.4) is 0 Å². The van der Waals surface area contributed by atoms with E-state index in [2.05, 4.69) is 10.3 Å². The molecule has 0 saturated heterocycles. The Kier molecular flexibility index (Phi) is 6.68. The van der Waals surface area contributed by atoms with Gasteiger partial charge in [-0.05, 0) is 24.3 Å². The quantitative estimate of drug-likeness (QED) is 0.446. The van der Waals surface area contributed by atoms with Crippen LogP contribution in [-0.2, 0) is 0 Å². The Morgan fingerprint density at radius 2 is 1.70 bits per heavy atom. The maximum atomic E-state index is 14.1. The third kappa shape index (κ3) is 4.20. The lowest BCUT2D eigenvalue weighted by Crippen LogP contribution is -2.21. The number of carbonyl (C=O) groups is 1. The third-order valence-corrected chi connectivity index (χ3v) is 4.33. The van der Waals surface area contributed by atoms with Gasteiger partial charge in [-0.3, -0.25) is 15.0 Å². The van der Waals surface area contributed by atoms with Crippen molar-refractivity contribution in [2.45, 2.75) is 7.43 Å². The fourth-order valence-corrected chi connectivity index (χ4v) is 2.82. The monoisotopic (exact) mass is 436 g/mol. The van der Waals surface area contributed by atoms with Crippen LogP contribution in [0.25, 0.3) is 0 Å². The minimum absolute atomic E-state index is 0. The van der Waals surface area contributed by atoms with Gasteiger partial charge >= 0.3 is 0 Å². The maximum absolute atomic E-state index is 14.1. The molecule has 10 heteroatoms. The highest BCUT2D eigenvalue weighted by Crippen LogP contribution is 2.31. The molecule has 0 aliphatic carbocycles. The molecule has 156 valence electrons. The molecule has 0 unspecified atom stereocenters. The molecule has 0 saturated carbocycles. The second-order valence-corrected chi connectivity index (χ2v) is 6.28. The fourth-order valence-electron chi connectivity index (χ4n) is 2.62. The number of halogens is 4. The predicted octanol–water partition coefficient (Wildman–Crippen LogP) is 4.34. The summed E-state index contributed by atoms with van der Waals surface area (Å²) in [5, 5.41) is 10.6. The zero-order valence-electron chi connectivity index (χ0n) is 14.4. The summed E-state index contributed by atoms with van der Waals surface area (Å²) in [6, 6.07) is 6.26. The standard InChI is InChI=1S/C19H12ClF3N4O2.CH4/c20-10-7-26-19(29)14(16(10)27-17-11(21)2-1-3-12(17)22)15(24)8-4-5-9(18(25)28)13(23)6-8;/h1-7,24H,(H2,25,28)(H2,26,27,29);1H4. The number of amides is 1. The summed E-state index contributed by atoms with van der Waals surface area (Å²) in [4.78, 5) is 25.8. The number of hydrogen-bond donors (Lipinski definition) is 4. The number of benzene rings is 2. The van der Waals surface area contributed by atoms with Crippen molar-refractivity contribution in [1.29, 1.82) is 5.41 Å². The van der Waals surface area contributed by atoms with Crippen LogP contribution in [0.15, 0.2) is 47.4 Å². The summed E-state index contributed by atoms with van der Waals surface area (Å²) in [6.07, 6.45) is 1.08. The van der Waals surface area contributed by atoms with Crippen LogP contribution in [0.4, 0.5) is 24.5 Å². The van der Waals surface area contributed by atoms with Crippen LogP contribution in [-0.4, -0.2) is 16.6 Å². The highest BCUT2D eigenvalue weighted by atomic mass is 35.5. The average molecular weight is 437 g/mol. The first-order chi connectivity index (χ1) is 13.7. The number of hydrogen-bond acceptors (Lipinski definition) is 4. The van der Waals surface area contributed by atoms with E-state index in [4.69, 9.17) is 22.7 Å². The van der Waals surface area contributed by atoms with Crippen molar-refractivity contribution >= 4 is 34.6 Å². The van der Waals surface area contributed by atoms with E-state index in [1.165, 1.54) is 6.07 Å². The van der Waals surface area contributed by atoms with E-state index in [1.807, 2.05) is 0 Å². The molecule has 0 atom stereocenters. The molecular formula is C20H16ClF3N4O2. The molecule has 3 rings (SSSR count). The minimum atomic E-state index is -1.00. The zero-order valence-corrected chi connectivity index (χ0v) is 15.2. The van der Waals surface area contributed by atoms with Crippen molar-refractivity contribution in [2.24, 2.45) is 5.73 Å². The Hall–Kier alpha value is -3.59. The molecule has 0 fully saturated rings. The molecule has 5 N–H and O–H groups in total. The molecular weight excluding hydrogens is 421 g/mol. The second kappa shape index (κ2) is 8.83. The Bertz CT molecular complexity index is 1190. The summed E-state index contributed by atoms with van der Waals surface area (Å²) in [5.41, 5.74) is 2.05. The van der Waals surface area contributed by atoms with Crippen LogP contribution in [0.5, 0.6) is 0 Å². The lowest BCUT2D eigenvalue weighted by Gasteiger charge is -2.15. The molecule has 6 nitrogen and oxygen atoms in total. The predicted molar refractivity (Wildman–Crippen MR) is 109 cm³/mol. The molecule has 1 aromatic heterocycles. The number of aromatic nitrogens is 1. The summed E-state index contributed by atoms with van der Waals surface area (Å²) in [6.45, 7) is 0. The first-order valence-corrected chi connectivity index (χ1v) is 8.39. The number of pyridine rings is 1. The number of aromatic amines is 1. The number of para-hydroxylation sites is 1. The van der Waals surface area contributed by atoms with Gasteiger partial charge in [-0.25, -0.2) is 13.2 Å². The smallest absolute Gasteiger partial charge is 0.259 e. The van der Waals surface area contributed by atoms with E-state index >= 15 is 0 Å². The fraction of sp³-hybridized carbons (Fsp3) is 0.0500. The van der Waals surface area contributed by atoms with Crippen molar-refractivity contribution in [3.05, 3.63) is 92.1 Å². The number of nitrogens with two attached hydrogens (primary N) is 1. The van der Waals surface area contributed by atoms with Gasteiger partial charge in [0.1, 0.15) is 23.1 Å². The Labute approximate surface area is 174 Å². The van der Waals surface area contributed by atoms with Crippen molar-refractivity contribution in [3.63, 3.8) is 0 Å². The number of H-pyrrole nitrogens is 1. The molecule has 2 aromatic carbocycles. The topological polar surface area (TPSA) is 112 Å². The number of carbonyl (C=O) groups excluding carboxylic acids is 1. The van der Waals surface area contributed by atoms with Gasteiger partial charge in [0, 0.05) is 11.8 Å². The van der Waals surface area contributed by atoms with E-state index in [9.17, 15) is 22.8 Å². The molecule has 1 heterocycles. The summed E-state index contributed by atoms with van der Waals surface area (Å²) >= 11 is 6.08. The Morgan fingerprint density at radius 1 is 1.07 bits per heavy atom. The van der Waals surface area contributed by atoms with Crippen LogP contribution in [0.1, 0.15) is 28.9 Å². The molecule has 0 bridgehead atoms. The molecule has 30 heavy (non-hydrogen) atoms. The summed E-state index contributed by atoms with van der Waals surface area (Å²) in [5.74, 6) is -3.89. The second-order valence-electron chi connectivity index (χ2n) is 5.87. The van der Waals surface area contributed by atoms with Crippen LogP contribution in [0.2, 0.25) is 5.02 Å². The molecule has 0 spiro atoms. The molecule has 0 aliphatic rings. The molecule has 0 radical (unpaired) electrons. The number of nitrogens with one attached hydrogen (secondary N) is 3. The highest BCUT2D eigenvalue weighted by molar-refractivity contribution is 6.34. The van der Waals surface area contributed by atoms with Gasteiger partial charge in [0.05, 0.1) is 27.5 Å². The van der Waals surface area contributed by atoms with Crippen molar-refractivity contribution in [1.82, 2.24) is 4.98 Å². The lowest BCUT2D eigenvalue weighted by atomic mass is 10.00. The third-order valence-electron chi connectivity index (χ3n) is 4.03. The molecule has 0 aliphatic heterocycles. The van der Waals surface area contributed by atoms with Crippen molar-refractivity contribution in [2.75, 3.05) is 5.32 Å². The van der Waals surface area contributed by atoms with E-state index in [0.29, 0.717) is 0 Å². The largest absolute Gasteiger partial charge is 0.366 e. The van der Waals surface area contributed by atoms with Gasteiger partial charge in [-0.2, -0.15) is 0 Å². The van der Waals surface area contributed by atoms with Crippen LogP contribution in [0, 0.1) is 22.9 Å². The van der Waals surface area contributed by atoms with E-state index in [-0.39, 0.29) is 29.3 Å². The normalized spacial score (nSPS) is 10.3. The van der Waals surface area contributed by atoms with E-state index in [1.54, 1.807) is 0 Å². The van der Waals surface area contributed by atoms with Gasteiger partial charge in [0.15, 0.2) is 0 Å². The Morgan fingerprint density at radius 3 is 2.27 bits per heavy atom. The first kappa shape index (κ1) is 22.7. The van der Waals surface area contributed by atoms with E-state index < -0.39 is 45.9 Å². The zero-order chi connectivity index (χ0) is 21.3. The molecule has 3 aromatic rings. The van der Waals surface area contributed by atoms with E-state index in [0.717, 1.165) is 36.5 Å². The summed E-state index contributed by atoms with van der Waals surface area (Å²) < 4.78 is 42.1. The highest BCUT2D eigenvalue weighted by Gasteiger charge is 2.21. The number of rotatable bonds is 5. The van der Waals surface area contributed by atoms with Crippen molar-refractivity contribution < 1.29 is 18.0 Å². The van der Waals surface area contributed by atoms with Crippen molar-refractivity contribution in [3.8, 4) is 0 Å². The number of primary amides is 1. The lowest BCUT2D eigenvalue weighted by molar-refractivity contribution is 0.0996. The first-order valence-electron chi connectivity index (χ1n) is 8.01. The summed E-state index contributed by atoms with van der Waals surface area (Å²) in [7, 11) is 0. The van der Waals surface area contributed by atoms with Crippen LogP contribution < -0.4 is 16.6 Å². The number of anilines is 2. The minimum Gasteiger partial charge on any atom is -0.366 e. The van der Waals surface area contributed by atoms with Gasteiger partial charge in [-0.15, -0.1) is 0 Å². The van der Waals surface area contributed by atoms with Gasteiger partial charge in [-0.1, -0.05) is 31.2 Å². The van der Waals surface area contributed by atoms with Gasteiger partial charge in [0.25, 0.3) is 11.5 Å². The van der Waals surface area contributed by atoms with Gasteiger partial charge < -0.3 is 16.0 Å². The SMILES string of the molecule is C.N=C(c1ccc(C(N)=O)c(F)c1)c1c(Nc2c(F)cccc2F)c(Cl)c[nH]c1=O. The van der Waals surface area contributed by atoms with Crippen LogP contribution >= 0.6 is 11.6 Å². The molecule has 1 amide bonds. The van der Waals surface area contributed by atoms with Gasteiger partial charge in [0.2, 0.25) is 0 Å². The average Bonchev–Trinajstić information content (AvgIpc) is 2.66. The maximum Gasteiger partial charge on any atom is 0.259 e. The Balaban J connectivity index is 0.00000320.